The van der Waals surface area contributed by atoms with Crippen LogP contribution in [0.25, 0.3) is 5.52 Å². The van der Waals surface area contributed by atoms with Gasteiger partial charge in [-0.15, -0.1) is 5.10 Å². The zero-order chi connectivity index (χ0) is 14.1. The average Bonchev–Trinajstić information content (AvgIpc) is 2.94. The van der Waals surface area contributed by atoms with E-state index in [-0.39, 0.29) is 5.48 Å². The minimum atomic E-state index is 0. The highest BCUT2D eigenvalue weighted by Gasteiger charge is 2.12. The summed E-state index contributed by atoms with van der Waals surface area (Å²) < 4.78 is 5.59. The summed E-state index contributed by atoms with van der Waals surface area (Å²) in [6.07, 6.45) is 5.73. The third kappa shape index (κ3) is 2.79. The first-order valence-corrected chi connectivity index (χ1v) is 6.71. The van der Waals surface area contributed by atoms with Gasteiger partial charge in [0.15, 0.2) is 5.82 Å². The van der Waals surface area contributed by atoms with Gasteiger partial charge < -0.3 is 16.5 Å². The molecule has 3 aromatic rings. The minimum absolute atomic E-state index is 0. The molecule has 0 aliphatic carbocycles. The van der Waals surface area contributed by atoms with Gasteiger partial charge in [-0.25, -0.2) is 13.6 Å². The molecular weight excluding hydrogens is 292 g/mol. The average molecular weight is 310 g/mol. The second kappa shape index (κ2) is 6.02. The van der Waals surface area contributed by atoms with Crippen molar-refractivity contribution in [2.24, 2.45) is 7.05 Å². The number of nitrogens with zero attached hydrogens (tertiary/aromatic N) is 4. The van der Waals surface area contributed by atoms with Crippen molar-refractivity contribution in [3.63, 3.8) is 0 Å². The van der Waals surface area contributed by atoms with Gasteiger partial charge in [-0.05, 0) is 12.1 Å². The number of hydrogen-bond acceptors (Lipinski definition) is 3. The predicted molar refractivity (Wildman–Crippen MR) is 82.3 cm³/mol. The van der Waals surface area contributed by atoms with Crippen LogP contribution < -0.4 is 15.6 Å². The number of nitrogens with one attached hydrogen (secondary N) is 1. The molecule has 3 heterocycles. The number of rotatable bonds is 4. The van der Waals surface area contributed by atoms with Gasteiger partial charge in [-0.2, -0.15) is 0 Å². The zero-order valence-corrected chi connectivity index (χ0v) is 12.4. The first-order chi connectivity index (χ1) is 9.66. The summed E-state index contributed by atoms with van der Waals surface area (Å²) in [7, 11) is 1.91. The molecule has 7 nitrogen and oxygen atoms in total. The molecule has 0 unspecified atom stereocenters. The topological polar surface area (TPSA) is 95.7 Å². The van der Waals surface area contributed by atoms with Crippen molar-refractivity contribution < 1.29 is 10.0 Å². The lowest BCUT2D eigenvalue weighted by Gasteiger charge is -2.02. The van der Waals surface area contributed by atoms with Gasteiger partial charge in [-0.3, -0.25) is 0 Å². The predicted octanol–water partition coefficient (Wildman–Crippen LogP) is 0.483. The number of pyridine rings is 1. The number of halogens is 1. The fourth-order valence-electron chi connectivity index (χ4n) is 2.12. The molecule has 0 amide bonds. The summed E-state index contributed by atoms with van der Waals surface area (Å²) in [4.78, 5) is 0. The highest BCUT2D eigenvalue weighted by molar-refractivity contribution is 6.27. The number of aryl methyl sites for hydroxylation is 1. The summed E-state index contributed by atoms with van der Waals surface area (Å²) in [5.41, 5.74) is 7.63. The van der Waals surface area contributed by atoms with E-state index in [2.05, 4.69) is 10.4 Å². The quantitative estimate of drug-likeness (QED) is 0.686. The second-order valence-electron chi connectivity index (χ2n) is 4.59. The van der Waals surface area contributed by atoms with Crippen molar-refractivity contribution in [3.8, 4) is 0 Å². The van der Waals surface area contributed by atoms with Crippen LogP contribution in [-0.4, -0.2) is 26.2 Å². The maximum atomic E-state index is 6.14. The summed E-state index contributed by atoms with van der Waals surface area (Å²) >= 11 is 6.14. The van der Waals surface area contributed by atoms with Crippen LogP contribution in [0.1, 0.15) is 0 Å². The second-order valence-corrected chi connectivity index (χ2v) is 4.93. The number of hydrogen-bond donors (Lipinski definition) is 2. The van der Waals surface area contributed by atoms with E-state index in [0.717, 1.165) is 12.1 Å². The number of fused-ring (bicyclic) bond motifs is 1. The molecule has 0 saturated carbocycles. The summed E-state index contributed by atoms with van der Waals surface area (Å²) in [6, 6.07) is 5.80. The lowest BCUT2D eigenvalue weighted by Crippen LogP contribution is -2.27. The molecule has 0 aromatic carbocycles. The Labute approximate surface area is 126 Å². The Morgan fingerprint density at radius 2 is 2.19 bits per heavy atom. The van der Waals surface area contributed by atoms with Crippen molar-refractivity contribution in [1.82, 2.24) is 14.2 Å². The van der Waals surface area contributed by atoms with Gasteiger partial charge in [0.1, 0.15) is 24.6 Å². The fraction of sp³-hybridized carbons (Fsp3) is 0.231. The molecule has 0 radical (unpaired) electrons. The van der Waals surface area contributed by atoms with Crippen LogP contribution >= 0.6 is 11.6 Å². The van der Waals surface area contributed by atoms with Crippen LogP contribution in [0.15, 0.2) is 36.8 Å². The molecule has 112 valence electrons. The van der Waals surface area contributed by atoms with E-state index in [0.29, 0.717) is 23.3 Å². The largest absolute Gasteiger partial charge is 0.412 e. The number of nitrogen functional groups attached to an aromatic ring is 1. The molecule has 3 aromatic heterocycles. The summed E-state index contributed by atoms with van der Waals surface area (Å²) in [5, 5.41) is 8.34. The fourth-order valence-corrected chi connectivity index (χ4v) is 2.31. The van der Waals surface area contributed by atoms with E-state index in [1.165, 1.54) is 0 Å². The Balaban J connectivity index is 0.00000161. The van der Waals surface area contributed by atoms with Crippen molar-refractivity contribution in [2.45, 2.75) is 6.54 Å². The van der Waals surface area contributed by atoms with E-state index >= 15 is 0 Å². The van der Waals surface area contributed by atoms with Gasteiger partial charge in [-0.1, -0.05) is 6.07 Å². The van der Waals surface area contributed by atoms with Gasteiger partial charge in [0.25, 0.3) is 0 Å². The van der Waals surface area contributed by atoms with Crippen molar-refractivity contribution in [1.29, 1.82) is 0 Å². The van der Waals surface area contributed by atoms with Crippen molar-refractivity contribution >= 4 is 28.6 Å². The highest BCUT2D eigenvalue weighted by atomic mass is 35.5. The molecule has 0 bridgehead atoms. The minimum Gasteiger partial charge on any atom is -0.412 e. The standard InChI is InChI=1S/C13H16ClN6.H2O/c1-18-8-9-19(13(18)14)7-5-16-12-11(15)10-4-2-3-6-20(10)17-12;/h2-4,6,8-9H,5,7,15H2,1H3,(H,16,17);1H2/q+1;. The molecular formula is C13H18ClN6O+. The molecule has 0 spiro atoms. The maximum absolute atomic E-state index is 6.14. The SMILES string of the molecule is C[n+]1ccn(CCNc2nn3ccccc3c2N)c1Cl.O. The van der Waals surface area contributed by atoms with E-state index in [9.17, 15) is 0 Å². The lowest BCUT2D eigenvalue weighted by molar-refractivity contribution is -0.668. The molecule has 0 aliphatic rings. The number of imidazole rings is 1. The lowest BCUT2D eigenvalue weighted by atomic mass is 10.3. The highest BCUT2D eigenvalue weighted by Crippen LogP contribution is 2.22. The van der Waals surface area contributed by atoms with Crippen molar-refractivity contribution in [2.75, 3.05) is 17.6 Å². The van der Waals surface area contributed by atoms with Crippen molar-refractivity contribution in [3.05, 3.63) is 42.1 Å². The third-order valence-corrected chi connectivity index (χ3v) is 3.71. The monoisotopic (exact) mass is 309 g/mol. The smallest absolute Gasteiger partial charge is 0.354 e. The molecule has 21 heavy (non-hydrogen) atoms. The van der Waals surface area contributed by atoms with Gasteiger partial charge in [0, 0.05) is 17.8 Å². The Morgan fingerprint density at radius 3 is 2.86 bits per heavy atom. The van der Waals surface area contributed by atoms with Crippen LogP contribution in [0, 0.1) is 0 Å². The molecule has 8 heteroatoms. The Kier molecular flexibility index (Phi) is 4.35. The molecule has 0 atom stereocenters. The molecule has 5 N–H and O–H groups in total. The zero-order valence-electron chi connectivity index (χ0n) is 11.6. The van der Waals surface area contributed by atoms with Crippen LogP contribution in [0.5, 0.6) is 0 Å². The third-order valence-electron chi connectivity index (χ3n) is 3.22. The maximum Gasteiger partial charge on any atom is 0.354 e. The molecule has 0 aliphatic heterocycles. The summed E-state index contributed by atoms with van der Waals surface area (Å²) in [6.45, 7) is 1.44. The summed E-state index contributed by atoms with van der Waals surface area (Å²) in [5.74, 6) is 0.698. The normalized spacial score (nSPS) is 10.6. The number of nitrogens with two attached hydrogens (primary N) is 1. The van der Waals surface area contributed by atoms with Gasteiger partial charge in [0.2, 0.25) is 0 Å². The Hall–Kier alpha value is -2.25. The number of aromatic nitrogens is 4. The molecule has 3 rings (SSSR count). The molecule has 0 fully saturated rings. The Bertz CT molecular complexity index is 750. The van der Waals surface area contributed by atoms with Gasteiger partial charge in [0.05, 0.1) is 19.1 Å². The first kappa shape index (κ1) is 15.1. The van der Waals surface area contributed by atoms with E-state index < -0.39 is 0 Å². The Morgan fingerprint density at radius 1 is 1.38 bits per heavy atom. The van der Waals surface area contributed by atoms with Crippen LogP contribution in [-0.2, 0) is 13.6 Å². The van der Waals surface area contributed by atoms with E-state index in [4.69, 9.17) is 17.3 Å². The van der Waals surface area contributed by atoms with Gasteiger partial charge >= 0.3 is 5.28 Å². The van der Waals surface area contributed by atoms with Crippen LogP contribution in [0.4, 0.5) is 11.5 Å². The number of anilines is 2. The van der Waals surface area contributed by atoms with Crippen LogP contribution in [0.2, 0.25) is 5.28 Å². The van der Waals surface area contributed by atoms with E-state index in [1.54, 1.807) is 4.52 Å². The van der Waals surface area contributed by atoms with Crippen LogP contribution in [0.3, 0.4) is 0 Å². The van der Waals surface area contributed by atoms with E-state index in [1.807, 2.05) is 53.0 Å². The first-order valence-electron chi connectivity index (χ1n) is 6.34. The molecule has 0 saturated heterocycles.